The molecule has 0 saturated heterocycles. The van der Waals surface area contributed by atoms with E-state index in [2.05, 4.69) is 0 Å². The van der Waals surface area contributed by atoms with E-state index >= 15 is 0 Å². The monoisotopic (exact) mass is 339 g/mol. The van der Waals surface area contributed by atoms with Gasteiger partial charge in [0.25, 0.3) is 11.1 Å². The van der Waals surface area contributed by atoms with Crippen molar-refractivity contribution in [2.75, 3.05) is 0 Å². The van der Waals surface area contributed by atoms with Crippen LogP contribution in [0.15, 0.2) is 0 Å². The third-order valence-corrected chi connectivity index (χ3v) is 0. The third kappa shape index (κ3) is 1750. The highest BCUT2D eigenvalue weighted by Crippen LogP contribution is 2.25. The summed E-state index contributed by atoms with van der Waals surface area (Å²) >= 11 is 0. The summed E-state index contributed by atoms with van der Waals surface area (Å²) in [5.41, 5.74) is 0. The van der Waals surface area contributed by atoms with Gasteiger partial charge in [-0.2, -0.15) is 8.42 Å². The van der Waals surface area contributed by atoms with Crippen LogP contribution in [0.3, 0.4) is 0 Å². The van der Waals surface area contributed by atoms with Gasteiger partial charge in [-0.1, -0.05) is 0 Å². The average molecular weight is 339 g/mol. The van der Waals surface area contributed by atoms with Gasteiger partial charge in [0.2, 0.25) is 0 Å². The molecule has 0 spiro atoms. The van der Waals surface area contributed by atoms with Gasteiger partial charge in [-0.15, -0.1) is 10.1 Å². The highest BCUT2D eigenvalue weighted by Gasteiger charge is 2.00. The molecule has 0 rings (SSSR count). The Morgan fingerprint density at radius 2 is 1.21 bits per heavy atom. The highest BCUT2D eigenvalue weighted by molar-refractivity contribution is 7.79. The molecule has 0 aliphatic heterocycles. The zero-order chi connectivity index (χ0) is 16.2. The summed E-state index contributed by atoms with van der Waals surface area (Å²) < 4.78 is 40.5. The van der Waals surface area contributed by atoms with Crippen molar-refractivity contribution in [1.29, 1.82) is 0 Å². The molecule has 0 aliphatic rings. The van der Waals surface area contributed by atoms with Crippen LogP contribution >= 0.6 is 7.82 Å². The van der Waals surface area contributed by atoms with Crippen LogP contribution in [0, 0.1) is 10.1 Å². The maximum Gasteiger partial charge on any atom is 0.466 e. The Labute approximate surface area is 104 Å². The molecule has 0 saturated carbocycles. The van der Waals surface area contributed by atoms with E-state index in [9.17, 15) is 0 Å². The average Bonchev–Trinajstić information content (AvgIpc) is 1.70. The number of carbonyl (C=O) groups is 1. The van der Waals surface area contributed by atoms with Crippen LogP contribution in [-0.2, 0) is 19.8 Å². The summed E-state index contributed by atoms with van der Waals surface area (Å²) in [5, 5.41) is 21.1. The Morgan fingerprint density at radius 1 is 1.21 bits per heavy atom. The van der Waals surface area contributed by atoms with Crippen LogP contribution in [0.2, 0.25) is 0 Å². The second-order valence-electron chi connectivity index (χ2n) is 1.72. The minimum Gasteiger partial charge on any atom is -0.481 e. The second-order valence-corrected chi connectivity index (χ2v) is 3.64. The number of halogens is 1. The van der Waals surface area contributed by atoms with Gasteiger partial charge in [0, 0.05) is 6.92 Å². The molecule has 19 heavy (non-hydrogen) atoms. The summed E-state index contributed by atoms with van der Waals surface area (Å²) in [7, 11) is -9.31. The molecule has 17 heteroatoms. The van der Waals surface area contributed by atoms with Crippen molar-refractivity contribution in [3.63, 3.8) is 0 Å². The smallest absolute Gasteiger partial charge is 0.466 e. The second kappa shape index (κ2) is 14.6. The molecule has 7 N–H and O–H groups in total. The Kier molecular flexibility index (Phi) is 23.5. The summed E-state index contributed by atoms with van der Waals surface area (Å²) in [5.74, 6) is -0.833. The topological polar surface area (TPSA) is 253 Å². The van der Waals surface area contributed by atoms with Crippen molar-refractivity contribution in [3.8, 4) is 0 Å². The number of phosphoric acid groups is 1. The molecule has 0 aromatic heterocycles. The van der Waals surface area contributed by atoms with Crippen molar-refractivity contribution in [2.45, 2.75) is 6.92 Å². The Bertz CT molecular complexity index is 334. The molecule has 0 heterocycles. The Hall–Kier alpha value is -1.42. The van der Waals surface area contributed by atoms with E-state index in [0.717, 1.165) is 6.92 Å². The van der Waals surface area contributed by atoms with Crippen LogP contribution in [0.25, 0.3) is 0 Å². The largest absolute Gasteiger partial charge is 0.481 e. The van der Waals surface area contributed by atoms with Gasteiger partial charge in [0.05, 0.1) is 0 Å². The number of nitrogens with zero attached hydrogens (tertiary/aromatic N) is 1. The predicted octanol–water partition coefficient (Wildman–Crippen LogP) is -1.69. The maximum atomic E-state index is 9.00. The first-order chi connectivity index (χ1) is 7.46. The van der Waals surface area contributed by atoms with Gasteiger partial charge in [-0.3, -0.25) is 18.6 Å². The van der Waals surface area contributed by atoms with E-state index in [1.54, 1.807) is 0 Å². The fourth-order valence-electron chi connectivity index (χ4n) is 0. The van der Waals surface area contributed by atoms with Gasteiger partial charge in [0.1, 0.15) is 0 Å². The molecule has 0 aliphatic carbocycles. The molecule has 0 bridgehead atoms. The summed E-state index contributed by atoms with van der Waals surface area (Å²) in [6.07, 6.45) is 0. The molecule has 0 fully saturated rings. The van der Waals surface area contributed by atoms with Gasteiger partial charge >= 0.3 is 18.2 Å². The minimum absolute atomic E-state index is 0. The molecule has 0 atom stereocenters. The van der Waals surface area contributed by atoms with E-state index < -0.39 is 29.3 Å². The molecule has 0 amide bonds. The summed E-state index contributed by atoms with van der Waals surface area (Å²) in [4.78, 5) is 38.9. The van der Waals surface area contributed by atoms with Crippen LogP contribution in [-0.4, -0.2) is 53.6 Å². The number of rotatable bonds is 0. The lowest BCUT2D eigenvalue weighted by molar-refractivity contribution is -0.742. The molecule has 0 aromatic rings. The van der Waals surface area contributed by atoms with E-state index in [1.165, 1.54) is 0 Å². The van der Waals surface area contributed by atoms with Gasteiger partial charge in [0.15, 0.2) is 0 Å². The van der Waals surface area contributed by atoms with Crippen LogP contribution < -0.4 is 0 Å². The standard InChI is InChI=1S/C2H4O2.FH.HNO3.H3O4P.H2O4S/c1-2(3)4;;2-1(3)4;2*1-5(2,3)4/h1H3,(H,3,4);1H;(H,2,3,4);(H3,1,2,3,4);(H2,1,2,3,4). The third-order valence-electron chi connectivity index (χ3n) is 0. The molecule has 14 nitrogen and oxygen atoms in total. The number of carboxylic acid groups (broad SMARTS) is 1. The predicted molar refractivity (Wildman–Crippen MR) is 53.0 cm³/mol. The lowest BCUT2D eigenvalue weighted by Crippen LogP contribution is -1.89. The fraction of sp³-hybridized carbons (Fsp3) is 0.500. The Morgan fingerprint density at radius 3 is 1.21 bits per heavy atom. The lowest BCUT2D eigenvalue weighted by atomic mass is 10.9. The van der Waals surface area contributed by atoms with Crippen LogP contribution in [0.4, 0.5) is 4.70 Å². The van der Waals surface area contributed by atoms with Crippen molar-refractivity contribution < 1.29 is 61.7 Å². The lowest BCUT2D eigenvalue weighted by Gasteiger charge is -1.82. The number of hydrogen-bond donors (Lipinski definition) is 7. The number of carboxylic acids is 1. The number of hydrogen-bond acceptors (Lipinski definition) is 6. The molecule has 0 unspecified atom stereocenters. The van der Waals surface area contributed by atoms with E-state index in [-0.39, 0.29) is 4.70 Å². The Balaban J connectivity index is -0.0000000453. The molecule has 0 radical (unpaired) electrons. The number of aliphatic carboxylic acids is 1. The van der Waals surface area contributed by atoms with Gasteiger partial charge in [-0.05, 0) is 0 Å². The first-order valence-electron chi connectivity index (χ1n) is 2.97. The first-order valence-corrected chi connectivity index (χ1v) is 5.94. The van der Waals surface area contributed by atoms with Crippen molar-refractivity contribution >= 4 is 24.2 Å². The molecular formula is C2H11FNO13PS. The maximum absolute atomic E-state index is 9.00. The molecule has 120 valence electrons. The van der Waals surface area contributed by atoms with Gasteiger partial charge < -0.3 is 25.0 Å². The normalized spacial score (nSPS) is 8.74. The van der Waals surface area contributed by atoms with E-state index in [4.69, 9.17) is 62.0 Å². The fourth-order valence-corrected chi connectivity index (χ4v) is 0. The van der Waals surface area contributed by atoms with Gasteiger partial charge in [-0.25, -0.2) is 4.57 Å². The van der Waals surface area contributed by atoms with Crippen molar-refractivity contribution in [1.82, 2.24) is 0 Å². The van der Waals surface area contributed by atoms with Crippen LogP contribution in [0.1, 0.15) is 6.92 Å². The first kappa shape index (κ1) is 30.5. The minimum atomic E-state index is -4.67. The summed E-state index contributed by atoms with van der Waals surface area (Å²) in [6.45, 7) is 1.08. The molecule has 0 aromatic carbocycles. The van der Waals surface area contributed by atoms with E-state index in [1.807, 2.05) is 0 Å². The molecular weight excluding hydrogens is 328 g/mol. The van der Waals surface area contributed by atoms with Crippen LogP contribution in [0.5, 0.6) is 0 Å². The summed E-state index contributed by atoms with van der Waals surface area (Å²) in [6, 6.07) is 0. The van der Waals surface area contributed by atoms with E-state index in [0.29, 0.717) is 0 Å². The van der Waals surface area contributed by atoms with Crippen molar-refractivity contribution in [2.24, 2.45) is 0 Å². The zero-order valence-electron chi connectivity index (χ0n) is 8.79. The van der Waals surface area contributed by atoms with Crippen molar-refractivity contribution in [3.05, 3.63) is 10.1 Å². The SMILES string of the molecule is CC(=O)O.F.O=P(O)(O)O.O=S(=O)(O)O.O=[N+]([O-])O. The zero-order valence-corrected chi connectivity index (χ0v) is 10.5. The quantitative estimate of drug-likeness (QED) is 0.113. The highest BCUT2D eigenvalue weighted by atomic mass is 32.3.